The van der Waals surface area contributed by atoms with Gasteiger partial charge in [-0.05, 0) is 24.1 Å². The molecule has 0 unspecified atom stereocenters. The Hall–Kier alpha value is -2.63. The van der Waals surface area contributed by atoms with Crippen molar-refractivity contribution in [3.63, 3.8) is 0 Å². The summed E-state index contributed by atoms with van der Waals surface area (Å²) >= 11 is 0. The van der Waals surface area contributed by atoms with Gasteiger partial charge in [-0.2, -0.15) is 0 Å². The number of carbonyl (C=O) groups excluding carboxylic acids is 2. The van der Waals surface area contributed by atoms with Crippen molar-refractivity contribution in [3.05, 3.63) is 41.5 Å². The van der Waals surface area contributed by atoms with E-state index >= 15 is 0 Å². The van der Waals surface area contributed by atoms with Crippen LogP contribution in [0.15, 0.2) is 30.3 Å². The van der Waals surface area contributed by atoms with Crippen LogP contribution in [0.5, 0.6) is 0 Å². The number of nitrogens with one attached hydrogen (secondary N) is 1. The topological polar surface area (TPSA) is 92.7 Å². The van der Waals surface area contributed by atoms with Crippen LogP contribution >= 0.6 is 0 Å². The van der Waals surface area contributed by atoms with Crippen molar-refractivity contribution in [1.29, 1.82) is 0 Å². The Balaban J connectivity index is 2.68. The molecule has 0 saturated heterocycles. The fraction of sp³-hybridized carbons (Fsp3) is 0.267. The number of carboxylic acids is 1. The minimum absolute atomic E-state index is 0.421. The number of benzene rings is 1. The average Bonchev–Trinajstić information content (AvgIpc) is 2.45. The second kappa shape index (κ2) is 7.84. The Morgan fingerprint density at radius 2 is 2.00 bits per heavy atom. The summed E-state index contributed by atoms with van der Waals surface area (Å²) in [5.74, 6) is -2.59. The van der Waals surface area contributed by atoms with Crippen LogP contribution in [0.1, 0.15) is 17.5 Å². The molecule has 0 spiro atoms. The van der Waals surface area contributed by atoms with Gasteiger partial charge < -0.3 is 15.2 Å². The SMILES string of the molecule is COC(=O)C[C@H](NC(=O)C=Cc1ccccc1C)C(=O)O. The molecule has 1 aromatic carbocycles. The molecule has 0 saturated carbocycles. The van der Waals surface area contributed by atoms with E-state index in [-0.39, 0.29) is 0 Å². The molecule has 2 N–H and O–H groups in total. The highest BCUT2D eigenvalue weighted by Crippen LogP contribution is 2.08. The van der Waals surface area contributed by atoms with Crippen molar-refractivity contribution in [3.8, 4) is 0 Å². The molecule has 21 heavy (non-hydrogen) atoms. The van der Waals surface area contributed by atoms with Crippen LogP contribution < -0.4 is 5.32 Å². The molecule has 0 fully saturated rings. The second-order valence-corrected chi connectivity index (χ2v) is 4.37. The molecular weight excluding hydrogens is 274 g/mol. The molecule has 0 aliphatic rings. The first kappa shape index (κ1) is 16.4. The second-order valence-electron chi connectivity index (χ2n) is 4.37. The number of rotatable bonds is 6. The molecule has 0 aliphatic carbocycles. The van der Waals surface area contributed by atoms with Gasteiger partial charge in [0.05, 0.1) is 13.5 Å². The van der Waals surface area contributed by atoms with Gasteiger partial charge in [0.2, 0.25) is 5.91 Å². The number of methoxy groups -OCH3 is 1. The van der Waals surface area contributed by atoms with Crippen molar-refractivity contribution < 1.29 is 24.2 Å². The number of hydrogen-bond donors (Lipinski definition) is 2. The molecule has 1 aromatic rings. The first-order valence-electron chi connectivity index (χ1n) is 6.28. The largest absolute Gasteiger partial charge is 0.480 e. The van der Waals surface area contributed by atoms with E-state index in [4.69, 9.17) is 5.11 Å². The molecule has 6 heteroatoms. The Kier molecular flexibility index (Phi) is 6.13. The first-order valence-corrected chi connectivity index (χ1v) is 6.28. The normalized spacial score (nSPS) is 11.9. The van der Waals surface area contributed by atoms with Gasteiger partial charge in [-0.25, -0.2) is 4.79 Å². The Morgan fingerprint density at radius 3 is 2.57 bits per heavy atom. The number of carbonyl (C=O) groups is 3. The molecular formula is C15H17NO5. The molecule has 0 bridgehead atoms. The monoisotopic (exact) mass is 291 g/mol. The summed E-state index contributed by atoms with van der Waals surface area (Å²) in [7, 11) is 1.15. The van der Waals surface area contributed by atoms with Crippen molar-refractivity contribution in [2.75, 3.05) is 7.11 Å². The summed E-state index contributed by atoms with van der Waals surface area (Å²) in [5, 5.41) is 11.2. The van der Waals surface area contributed by atoms with E-state index in [2.05, 4.69) is 10.1 Å². The fourth-order valence-corrected chi connectivity index (χ4v) is 1.61. The molecule has 1 atom stereocenters. The summed E-state index contributed by atoms with van der Waals surface area (Å²) in [6.45, 7) is 1.90. The van der Waals surface area contributed by atoms with Crippen molar-refractivity contribution in [2.24, 2.45) is 0 Å². The molecule has 1 rings (SSSR count). The maximum Gasteiger partial charge on any atom is 0.326 e. The van der Waals surface area contributed by atoms with Crippen LogP contribution in [-0.4, -0.2) is 36.1 Å². The van der Waals surface area contributed by atoms with Gasteiger partial charge in [0, 0.05) is 6.08 Å². The Morgan fingerprint density at radius 1 is 1.33 bits per heavy atom. The number of esters is 1. The smallest absolute Gasteiger partial charge is 0.326 e. The van der Waals surface area contributed by atoms with Gasteiger partial charge in [0.1, 0.15) is 6.04 Å². The van der Waals surface area contributed by atoms with Crippen LogP contribution in [-0.2, 0) is 19.1 Å². The molecule has 0 radical (unpaired) electrons. The third kappa shape index (κ3) is 5.48. The molecule has 0 heterocycles. The molecule has 1 amide bonds. The summed E-state index contributed by atoms with van der Waals surface area (Å²) in [6.07, 6.45) is 2.40. The average molecular weight is 291 g/mol. The number of carboxylic acid groups (broad SMARTS) is 1. The third-order valence-corrected chi connectivity index (χ3v) is 2.82. The van der Waals surface area contributed by atoms with Gasteiger partial charge >= 0.3 is 11.9 Å². The highest BCUT2D eigenvalue weighted by Gasteiger charge is 2.22. The van der Waals surface area contributed by atoms with Gasteiger partial charge in [-0.1, -0.05) is 24.3 Å². The number of aryl methyl sites for hydroxylation is 1. The number of aliphatic carboxylic acids is 1. The van der Waals surface area contributed by atoms with Crippen LogP contribution in [0.25, 0.3) is 6.08 Å². The van der Waals surface area contributed by atoms with E-state index in [1.807, 2.05) is 31.2 Å². The standard InChI is InChI=1S/C15H17NO5/c1-10-5-3-4-6-11(10)7-8-13(17)16-12(15(19)20)9-14(18)21-2/h3-8,12H,9H2,1-2H3,(H,16,17)(H,19,20)/t12-/m0/s1. The third-order valence-electron chi connectivity index (χ3n) is 2.82. The van der Waals surface area contributed by atoms with Crippen LogP contribution in [0.4, 0.5) is 0 Å². The summed E-state index contributed by atoms with van der Waals surface area (Å²) in [4.78, 5) is 33.7. The Bertz CT molecular complexity index is 565. The van der Waals surface area contributed by atoms with E-state index in [0.29, 0.717) is 0 Å². The zero-order valence-electron chi connectivity index (χ0n) is 11.8. The lowest BCUT2D eigenvalue weighted by Crippen LogP contribution is -2.41. The predicted octanol–water partition coefficient (Wildman–Crippen LogP) is 1.14. The number of ether oxygens (including phenoxy) is 1. The number of amides is 1. The first-order chi connectivity index (χ1) is 9.93. The Labute approximate surface area is 122 Å². The lowest BCUT2D eigenvalue weighted by molar-refractivity contribution is -0.148. The van der Waals surface area contributed by atoms with Crippen LogP contribution in [0.2, 0.25) is 0 Å². The lowest BCUT2D eigenvalue weighted by Gasteiger charge is -2.11. The molecule has 112 valence electrons. The molecule has 0 aliphatic heterocycles. The van der Waals surface area contributed by atoms with Crippen molar-refractivity contribution in [1.82, 2.24) is 5.32 Å². The maximum absolute atomic E-state index is 11.7. The highest BCUT2D eigenvalue weighted by molar-refractivity contribution is 5.95. The maximum atomic E-state index is 11.7. The van der Waals surface area contributed by atoms with Gasteiger partial charge in [0.15, 0.2) is 0 Å². The van der Waals surface area contributed by atoms with Gasteiger partial charge in [-0.15, -0.1) is 0 Å². The van der Waals surface area contributed by atoms with Crippen LogP contribution in [0, 0.1) is 6.92 Å². The highest BCUT2D eigenvalue weighted by atomic mass is 16.5. The van der Waals surface area contributed by atoms with E-state index in [1.165, 1.54) is 6.08 Å². The van der Waals surface area contributed by atoms with Crippen molar-refractivity contribution in [2.45, 2.75) is 19.4 Å². The minimum Gasteiger partial charge on any atom is -0.480 e. The van der Waals surface area contributed by atoms with Crippen LogP contribution in [0.3, 0.4) is 0 Å². The van der Waals surface area contributed by atoms with E-state index < -0.39 is 30.3 Å². The summed E-state index contributed by atoms with van der Waals surface area (Å²) in [5.41, 5.74) is 1.85. The number of hydrogen-bond acceptors (Lipinski definition) is 4. The lowest BCUT2D eigenvalue weighted by atomic mass is 10.1. The predicted molar refractivity (Wildman–Crippen MR) is 76.4 cm³/mol. The van der Waals surface area contributed by atoms with Crippen molar-refractivity contribution >= 4 is 23.9 Å². The van der Waals surface area contributed by atoms with E-state index in [9.17, 15) is 14.4 Å². The van der Waals surface area contributed by atoms with E-state index in [0.717, 1.165) is 18.2 Å². The zero-order chi connectivity index (χ0) is 15.8. The van der Waals surface area contributed by atoms with Gasteiger partial charge in [0.25, 0.3) is 0 Å². The molecule has 6 nitrogen and oxygen atoms in total. The quantitative estimate of drug-likeness (QED) is 0.605. The summed E-state index contributed by atoms with van der Waals surface area (Å²) in [6, 6.07) is 6.13. The fourth-order valence-electron chi connectivity index (χ4n) is 1.61. The minimum atomic E-state index is -1.31. The summed E-state index contributed by atoms with van der Waals surface area (Å²) < 4.78 is 4.39. The van der Waals surface area contributed by atoms with Gasteiger partial charge in [-0.3, -0.25) is 9.59 Å². The van der Waals surface area contributed by atoms with E-state index in [1.54, 1.807) is 6.08 Å². The zero-order valence-corrected chi connectivity index (χ0v) is 11.8. The molecule has 0 aromatic heterocycles.